The number of likely N-dealkylation sites (N-methyl/N-ethyl adjacent to an activating group) is 1. The SMILES string of the molecule is CN1CC(c2ccccc2-c2cc(C(=O)O)on2)C1. The van der Waals surface area contributed by atoms with Gasteiger partial charge >= 0.3 is 5.97 Å². The molecule has 0 amide bonds. The molecule has 0 unspecified atom stereocenters. The molecule has 0 bridgehead atoms. The van der Waals surface area contributed by atoms with Gasteiger partial charge in [-0.1, -0.05) is 29.4 Å². The van der Waals surface area contributed by atoms with E-state index in [0.717, 1.165) is 18.7 Å². The van der Waals surface area contributed by atoms with Crippen molar-refractivity contribution in [1.29, 1.82) is 0 Å². The predicted octanol–water partition coefficient (Wildman–Crippen LogP) is 2.07. The zero-order valence-electron chi connectivity index (χ0n) is 10.5. The summed E-state index contributed by atoms with van der Waals surface area (Å²) in [6.07, 6.45) is 0. The number of hydrogen-bond donors (Lipinski definition) is 1. The van der Waals surface area contributed by atoms with Gasteiger partial charge in [-0.3, -0.25) is 0 Å². The molecule has 1 aromatic carbocycles. The van der Waals surface area contributed by atoms with Crippen LogP contribution < -0.4 is 0 Å². The van der Waals surface area contributed by atoms with Crippen LogP contribution in [-0.2, 0) is 0 Å². The smallest absolute Gasteiger partial charge is 0.374 e. The van der Waals surface area contributed by atoms with Gasteiger partial charge in [0, 0.05) is 30.6 Å². The van der Waals surface area contributed by atoms with Crippen LogP contribution in [0.25, 0.3) is 11.3 Å². The maximum atomic E-state index is 10.8. The minimum atomic E-state index is -1.10. The summed E-state index contributed by atoms with van der Waals surface area (Å²) >= 11 is 0. The van der Waals surface area contributed by atoms with Crippen molar-refractivity contribution >= 4 is 5.97 Å². The second-order valence-corrected chi connectivity index (χ2v) is 4.89. The van der Waals surface area contributed by atoms with Gasteiger partial charge in [0.2, 0.25) is 5.76 Å². The zero-order chi connectivity index (χ0) is 13.4. The summed E-state index contributed by atoms with van der Waals surface area (Å²) in [5, 5.41) is 12.7. The normalized spacial score (nSPS) is 16.3. The highest BCUT2D eigenvalue weighted by Gasteiger charge is 2.27. The Bertz CT molecular complexity index is 615. The van der Waals surface area contributed by atoms with Crippen molar-refractivity contribution < 1.29 is 14.4 Å². The van der Waals surface area contributed by atoms with Crippen LogP contribution >= 0.6 is 0 Å². The van der Waals surface area contributed by atoms with Crippen LogP contribution in [0.2, 0.25) is 0 Å². The third kappa shape index (κ3) is 2.13. The second kappa shape index (κ2) is 4.51. The number of nitrogens with zero attached hydrogens (tertiary/aromatic N) is 2. The van der Waals surface area contributed by atoms with Gasteiger partial charge in [-0.2, -0.15) is 0 Å². The Morgan fingerprint density at radius 1 is 1.42 bits per heavy atom. The summed E-state index contributed by atoms with van der Waals surface area (Å²) in [7, 11) is 2.08. The Kier molecular flexibility index (Phi) is 2.83. The standard InChI is InChI=1S/C14H14N2O3/c1-16-7-9(8-16)10-4-2-3-5-11(10)12-6-13(14(17)18)19-15-12/h2-6,9H,7-8H2,1H3,(H,17,18). The first kappa shape index (κ1) is 11.9. The largest absolute Gasteiger partial charge is 0.475 e. The van der Waals surface area contributed by atoms with Gasteiger partial charge in [-0.25, -0.2) is 4.79 Å². The molecule has 1 aromatic heterocycles. The minimum Gasteiger partial charge on any atom is -0.475 e. The van der Waals surface area contributed by atoms with E-state index < -0.39 is 5.97 Å². The Morgan fingerprint density at radius 3 is 2.79 bits per heavy atom. The Balaban J connectivity index is 1.97. The first-order valence-electron chi connectivity index (χ1n) is 6.13. The number of likely N-dealkylation sites (tertiary alicyclic amines) is 1. The molecule has 5 heteroatoms. The molecule has 2 heterocycles. The van der Waals surface area contributed by atoms with Crippen molar-refractivity contribution in [3.05, 3.63) is 41.7 Å². The average molecular weight is 258 g/mol. The van der Waals surface area contributed by atoms with Crippen LogP contribution in [0, 0.1) is 0 Å². The van der Waals surface area contributed by atoms with Gasteiger partial charge < -0.3 is 14.5 Å². The van der Waals surface area contributed by atoms with Gasteiger partial charge in [-0.05, 0) is 12.6 Å². The van der Waals surface area contributed by atoms with Gasteiger partial charge in [-0.15, -0.1) is 0 Å². The number of hydrogen-bond acceptors (Lipinski definition) is 4. The van der Waals surface area contributed by atoms with Crippen molar-refractivity contribution in [2.75, 3.05) is 20.1 Å². The van der Waals surface area contributed by atoms with Crippen LogP contribution in [0.15, 0.2) is 34.9 Å². The predicted molar refractivity (Wildman–Crippen MR) is 69.1 cm³/mol. The number of carbonyl (C=O) groups is 1. The van der Waals surface area contributed by atoms with Crippen LogP contribution in [0.4, 0.5) is 0 Å². The maximum absolute atomic E-state index is 10.8. The number of rotatable bonds is 3. The summed E-state index contributed by atoms with van der Waals surface area (Å²) in [4.78, 5) is 13.1. The molecule has 0 atom stereocenters. The van der Waals surface area contributed by atoms with E-state index in [0.29, 0.717) is 11.6 Å². The van der Waals surface area contributed by atoms with Crippen molar-refractivity contribution in [2.45, 2.75) is 5.92 Å². The molecule has 2 aromatic rings. The molecule has 3 rings (SSSR count). The molecule has 1 fully saturated rings. The highest BCUT2D eigenvalue weighted by molar-refractivity contribution is 5.85. The molecule has 1 saturated heterocycles. The van der Waals surface area contributed by atoms with Crippen LogP contribution in [0.5, 0.6) is 0 Å². The maximum Gasteiger partial charge on any atom is 0.374 e. The topological polar surface area (TPSA) is 66.6 Å². The molecule has 1 aliphatic rings. The number of carboxylic acids is 1. The molecule has 0 radical (unpaired) electrons. The monoisotopic (exact) mass is 258 g/mol. The van der Waals surface area contributed by atoms with E-state index in [1.54, 1.807) is 0 Å². The van der Waals surface area contributed by atoms with E-state index in [4.69, 9.17) is 9.63 Å². The summed E-state index contributed by atoms with van der Waals surface area (Å²) in [6, 6.07) is 9.43. The minimum absolute atomic E-state index is 0.129. The summed E-state index contributed by atoms with van der Waals surface area (Å²) in [5.74, 6) is -0.749. The molecular formula is C14H14N2O3. The third-order valence-electron chi connectivity index (χ3n) is 3.46. The van der Waals surface area contributed by atoms with E-state index in [-0.39, 0.29) is 5.76 Å². The molecule has 98 valence electrons. The third-order valence-corrected chi connectivity index (χ3v) is 3.46. The fourth-order valence-electron chi connectivity index (χ4n) is 2.48. The molecule has 0 spiro atoms. The first-order chi connectivity index (χ1) is 9.15. The number of carboxylic acid groups (broad SMARTS) is 1. The number of benzene rings is 1. The highest BCUT2D eigenvalue weighted by atomic mass is 16.5. The molecule has 0 aliphatic carbocycles. The van der Waals surface area contributed by atoms with E-state index in [2.05, 4.69) is 23.2 Å². The molecule has 19 heavy (non-hydrogen) atoms. The molecule has 0 saturated carbocycles. The fraction of sp³-hybridized carbons (Fsp3) is 0.286. The van der Waals surface area contributed by atoms with Crippen molar-refractivity contribution in [3.63, 3.8) is 0 Å². The van der Waals surface area contributed by atoms with Crippen LogP contribution in [0.3, 0.4) is 0 Å². The molecule has 5 nitrogen and oxygen atoms in total. The second-order valence-electron chi connectivity index (χ2n) is 4.89. The Morgan fingerprint density at radius 2 is 2.16 bits per heavy atom. The molecule has 1 aliphatic heterocycles. The van der Waals surface area contributed by atoms with Gasteiger partial charge in [0.05, 0.1) is 0 Å². The fourth-order valence-corrected chi connectivity index (χ4v) is 2.48. The summed E-state index contributed by atoms with van der Waals surface area (Å²) in [5.41, 5.74) is 2.74. The van der Waals surface area contributed by atoms with Crippen LogP contribution in [0.1, 0.15) is 22.0 Å². The van der Waals surface area contributed by atoms with Crippen LogP contribution in [-0.4, -0.2) is 41.3 Å². The lowest BCUT2D eigenvalue weighted by Crippen LogP contribution is -2.41. The summed E-state index contributed by atoms with van der Waals surface area (Å²) < 4.78 is 4.83. The number of aromatic nitrogens is 1. The van der Waals surface area contributed by atoms with Crippen molar-refractivity contribution in [3.8, 4) is 11.3 Å². The first-order valence-corrected chi connectivity index (χ1v) is 6.13. The number of aromatic carboxylic acids is 1. The lowest BCUT2D eigenvalue weighted by molar-refractivity contribution is 0.0652. The van der Waals surface area contributed by atoms with E-state index in [1.165, 1.54) is 11.6 Å². The quantitative estimate of drug-likeness (QED) is 0.912. The van der Waals surface area contributed by atoms with E-state index in [9.17, 15) is 4.79 Å². The summed E-state index contributed by atoms with van der Waals surface area (Å²) in [6.45, 7) is 2.03. The average Bonchev–Trinajstić information content (AvgIpc) is 2.85. The lowest BCUT2D eigenvalue weighted by atomic mass is 9.87. The Labute approximate surface area is 110 Å². The molecular weight excluding hydrogens is 244 g/mol. The lowest BCUT2D eigenvalue weighted by Gasteiger charge is -2.37. The highest BCUT2D eigenvalue weighted by Crippen LogP contribution is 2.33. The molecule has 1 N–H and O–H groups in total. The zero-order valence-corrected chi connectivity index (χ0v) is 10.5. The van der Waals surface area contributed by atoms with Crippen molar-refractivity contribution in [2.24, 2.45) is 0 Å². The van der Waals surface area contributed by atoms with Gasteiger partial charge in [0.1, 0.15) is 5.69 Å². The Hall–Kier alpha value is -2.14. The van der Waals surface area contributed by atoms with E-state index in [1.807, 2.05) is 18.2 Å². The van der Waals surface area contributed by atoms with Gasteiger partial charge in [0.15, 0.2) is 0 Å². The van der Waals surface area contributed by atoms with Gasteiger partial charge in [0.25, 0.3) is 0 Å². The van der Waals surface area contributed by atoms with E-state index >= 15 is 0 Å². The van der Waals surface area contributed by atoms with Crippen molar-refractivity contribution in [1.82, 2.24) is 10.1 Å².